The minimum Gasteiger partial charge on any atom is -0.340 e. The van der Waals surface area contributed by atoms with Gasteiger partial charge in [0.05, 0.1) is 22.6 Å². The lowest BCUT2D eigenvalue weighted by molar-refractivity contribution is -0.137. The predicted molar refractivity (Wildman–Crippen MR) is 151 cm³/mol. The topological polar surface area (TPSA) is 98.8 Å². The fourth-order valence-electron chi connectivity index (χ4n) is 5.10. The molecule has 8 nitrogen and oxygen atoms in total. The highest BCUT2D eigenvalue weighted by atomic mass is 19.4. The molecule has 2 heterocycles. The highest BCUT2D eigenvalue weighted by Crippen LogP contribution is 2.41. The van der Waals surface area contributed by atoms with Gasteiger partial charge >= 0.3 is 12.2 Å². The maximum atomic E-state index is 14.5. The molecule has 0 unspecified atom stereocenters. The van der Waals surface area contributed by atoms with Crippen molar-refractivity contribution >= 4 is 28.8 Å². The number of carbonyl (C=O) groups is 1. The van der Waals surface area contributed by atoms with Gasteiger partial charge in [-0.2, -0.15) is 18.4 Å². The van der Waals surface area contributed by atoms with Crippen molar-refractivity contribution in [3.8, 4) is 22.5 Å². The van der Waals surface area contributed by atoms with Gasteiger partial charge in [-0.25, -0.2) is 9.18 Å². The Hall–Kier alpha value is -5.26. The number of nitrogens with zero attached hydrogens (tertiary/aromatic N) is 4. The van der Waals surface area contributed by atoms with Gasteiger partial charge in [-0.05, 0) is 71.1 Å². The molecule has 1 aliphatic heterocycles. The summed E-state index contributed by atoms with van der Waals surface area (Å²) in [4.78, 5) is 15.2. The van der Waals surface area contributed by atoms with Crippen LogP contribution in [0.5, 0.6) is 0 Å². The van der Waals surface area contributed by atoms with Crippen LogP contribution in [-0.2, 0) is 12.6 Å². The Morgan fingerprint density at radius 2 is 1.62 bits per heavy atom. The van der Waals surface area contributed by atoms with Crippen LogP contribution in [0.4, 0.5) is 45.1 Å². The largest absolute Gasteiger partial charge is 0.416 e. The molecule has 0 bridgehead atoms. The van der Waals surface area contributed by atoms with Crippen molar-refractivity contribution in [2.45, 2.75) is 19.0 Å². The fraction of sp³-hybridized carbons (Fsp3) is 0.133. The van der Waals surface area contributed by atoms with Gasteiger partial charge in [0, 0.05) is 17.8 Å². The molecule has 1 aromatic heterocycles. The number of amides is 2. The Morgan fingerprint density at radius 3 is 2.38 bits per heavy atom. The summed E-state index contributed by atoms with van der Waals surface area (Å²) in [6.45, 7) is 0.694. The zero-order valence-corrected chi connectivity index (χ0v) is 21.9. The molecule has 0 fully saturated rings. The van der Waals surface area contributed by atoms with Crippen LogP contribution in [0, 0.1) is 5.82 Å². The smallest absolute Gasteiger partial charge is 0.340 e. The molecule has 0 saturated heterocycles. The van der Waals surface area contributed by atoms with Crippen LogP contribution in [0.3, 0.4) is 0 Å². The van der Waals surface area contributed by atoms with E-state index in [-0.39, 0.29) is 5.69 Å². The quantitative estimate of drug-likeness (QED) is 0.190. The van der Waals surface area contributed by atoms with E-state index >= 15 is 0 Å². The lowest BCUT2D eigenvalue weighted by Gasteiger charge is -2.33. The van der Waals surface area contributed by atoms with E-state index in [2.05, 4.69) is 42.2 Å². The van der Waals surface area contributed by atoms with E-state index in [9.17, 15) is 22.4 Å². The number of rotatable bonds is 5. The molecular formula is C30H23F4N7O. The first-order chi connectivity index (χ1) is 20.3. The summed E-state index contributed by atoms with van der Waals surface area (Å²) < 4.78 is 53.5. The molecule has 0 spiro atoms. The van der Waals surface area contributed by atoms with Crippen LogP contribution < -0.4 is 15.5 Å². The van der Waals surface area contributed by atoms with E-state index in [0.717, 1.165) is 41.3 Å². The lowest BCUT2D eigenvalue weighted by Crippen LogP contribution is -2.27. The molecule has 42 heavy (non-hydrogen) atoms. The molecule has 2 amide bonds. The summed E-state index contributed by atoms with van der Waals surface area (Å²) in [6.07, 6.45) is -2.90. The molecule has 0 radical (unpaired) electrons. The number of benzene rings is 4. The van der Waals surface area contributed by atoms with Crippen molar-refractivity contribution in [3.63, 3.8) is 0 Å². The van der Waals surface area contributed by atoms with Crippen LogP contribution in [0.2, 0.25) is 0 Å². The standard InChI is InChI=1S/C30H23F4N7O/c31-23-17-20(30(32,33)34)12-13-24(23)35-29(42)36-25-16-19(21-8-2-3-9-22(21)28-37-39-40-38-28)11-14-27(25)41-15-5-7-18-6-1-4-10-26(18)41/h1-4,6,8-14,16-17H,5,7,15H2,(H2,35,36,42)(H,37,38,39,40). The molecule has 12 heteroatoms. The first kappa shape index (κ1) is 26.9. The Kier molecular flexibility index (Phi) is 7.03. The first-order valence-corrected chi connectivity index (χ1v) is 13.1. The normalized spacial score (nSPS) is 13.0. The second-order valence-electron chi connectivity index (χ2n) is 9.67. The van der Waals surface area contributed by atoms with Crippen molar-refractivity contribution in [2.75, 3.05) is 22.1 Å². The van der Waals surface area contributed by atoms with Gasteiger partial charge in [-0.1, -0.05) is 48.5 Å². The Bertz CT molecular complexity index is 1760. The van der Waals surface area contributed by atoms with E-state index in [1.165, 1.54) is 0 Å². The van der Waals surface area contributed by atoms with E-state index in [1.807, 2.05) is 54.6 Å². The monoisotopic (exact) mass is 573 g/mol. The van der Waals surface area contributed by atoms with E-state index in [1.54, 1.807) is 6.07 Å². The van der Waals surface area contributed by atoms with Crippen molar-refractivity contribution in [1.82, 2.24) is 20.6 Å². The number of fused-ring (bicyclic) bond motifs is 1. The van der Waals surface area contributed by atoms with Crippen LogP contribution in [0.1, 0.15) is 17.5 Å². The summed E-state index contributed by atoms with van der Waals surface area (Å²) in [5, 5.41) is 19.4. The van der Waals surface area contributed by atoms with Crippen molar-refractivity contribution < 1.29 is 22.4 Å². The summed E-state index contributed by atoms with van der Waals surface area (Å²) in [5.41, 5.74) is 3.97. The summed E-state index contributed by atoms with van der Waals surface area (Å²) in [7, 11) is 0. The second kappa shape index (κ2) is 11.0. The third kappa shape index (κ3) is 5.38. The number of nitrogens with one attached hydrogen (secondary N) is 3. The number of carbonyl (C=O) groups excluding carboxylic acids is 1. The molecule has 212 valence electrons. The van der Waals surface area contributed by atoms with Crippen LogP contribution in [-0.4, -0.2) is 33.2 Å². The molecule has 4 aromatic carbocycles. The molecule has 1 aliphatic rings. The zero-order chi connectivity index (χ0) is 29.3. The van der Waals surface area contributed by atoms with Gasteiger partial charge in [0.15, 0.2) is 0 Å². The number of H-pyrrole nitrogens is 1. The van der Waals surface area contributed by atoms with Crippen LogP contribution in [0.15, 0.2) is 84.9 Å². The molecule has 0 aliphatic carbocycles. The van der Waals surface area contributed by atoms with Gasteiger partial charge in [-0.15, -0.1) is 10.2 Å². The number of tetrazole rings is 1. The zero-order valence-electron chi connectivity index (χ0n) is 21.9. The van der Waals surface area contributed by atoms with Gasteiger partial charge < -0.3 is 15.5 Å². The first-order valence-electron chi connectivity index (χ1n) is 13.1. The number of urea groups is 1. The van der Waals surface area contributed by atoms with E-state index in [0.29, 0.717) is 41.4 Å². The third-order valence-corrected chi connectivity index (χ3v) is 7.01. The molecule has 3 N–H and O–H groups in total. The number of alkyl halides is 3. The minimum absolute atomic E-state index is 0.348. The molecule has 0 atom stereocenters. The number of anilines is 4. The second-order valence-corrected chi connectivity index (χ2v) is 9.67. The number of para-hydroxylation sites is 1. The summed E-state index contributed by atoms with van der Waals surface area (Å²) >= 11 is 0. The number of hydrogen-bond donors (Lipinski definition) is 3. The highest BCUT2D eigenvalue weighted by molar-refractivity contribution is 6.03. The van der Waals surface area contributed by atoms with E-state index in [4.69, 9.17) is 0 Å². The third-order valence-electron chi connectivity index (χ3n) is 7.01. The van der Waals surface area contributed by atoms with Gasteiger partial charge in [-0.3, -0.25) is 0 Å². The van der Waals surface area contributed by atoms with Crippen LogP contribution >= 0.6 is 0 Å². The summed E-state index contributed by atoms with van der Waals surface area (Å²) in [5.74, 6) is -0.808. The van der Waals surface area contributed by atoms with Gasteiger partial charge in [0.1, 0.15) is 5.82 Å². The van der Waals surface area contributed by atoms with Gasteiger partial charge in [0.25, 0.3) is 0 Å². The van der Waals surface area contributed by atoms with Crippen molar-refractivity contribution in [2.24, 2.45) is 0 Å². The molecule has 0 saturated carbocycles. The number of aromatic nitrogens is 4. The van der Waals surface area contributed by atoms with Gasteiger partial charge in [0.2, 0.25) is 5.82 Å². The highest BCUT2D eigenvalue weighted by Gasteiger charge is 2.31. The number of aryl methyl sites for hydroxylation is 1. The minimum atomic E-state index is -4.71. The van der Waals surface area contributed by atoms with E-state index < -0.39 is 23.6 Å². The summed E-state index contributed by atoms with van der Waals surface area (Å²) in [6, 6.07) is 22.2. The molecule has 6 rings (SSSR count). The maximum Gasteiger partial charge on any atom is 0.416 e. The average Bonchev–Trinajstić information content (AvgIpc) is 3.53. The Labute approximate surface area is 237 Å². The number of hydrogen-bond acceptors (Lipinski definition) is 5. The Balaban J connectivity index is 1.38. The average molecular weight is 574 g/mol. The maximum absolute atomic E-state index is 14.5. The van der Waals surface area contributed by atoms with Crippen LogP contribution in [0.25, 0.3) is 22.5 Å². The molecule has 5 aromatic rings. The lowest BCUT2D eigenvalue weighted by atomic mass is 9.97. The van der Waals surface area contributed by atoms with Crippen molar-refractivity contribution in [3.05, 3.63) is 102 Å². The Morgan fingerprint density at radius 1 is 0.857 bits per heavy atom. The predicted octanol–water partition coefficient (Wildman–Crippen LogP) is 7.42. The SMILES string of the molecule is O=C(Nc1ccc(C(F)(F)F)cc1F)Nc1cc(-c2ccccc2-c2nn[nH]n2)ccc1N1CCCc2ccccc21. The molecular weight excluding hydrogens is 550 g/mol. The van der Waals surface area contributed by atoms with Crippen molar-refractivity contribution in [1.29, 1.82) is 0 Å². The fourth-order valence-corrected chi connectivity index (χ4v) is 5.10. The number of aromatic amines is 1. The number of halogens is 4.